The summed E-state index contributed by atoms with van der Waals surface area (Å²) in [6.07, 6.45) is 1.38. The van der Waals surface area contributed by atoms with Gasteiger partial charge < -0.3 is 19.9 Å². The van der Waals surface area contributed by atoms with Crippen molar-refractivity contribution >= 4 is 17.6 Å². The van der Waals surface area contributed by atoms with Crippen molar-refractivity contribution in [3.05, 3.63) is 29.8 Å². The van der Waals surface area contributed by atoms with Gasteiger partial charge in [0.2, 0.25) is 5.91 Å². The Bertz CT molecular complexity index is 705. The monoisotopic (exact) mass is 367 g/mol. The number of nitrogens with zero attached hydrogens (tertiary/aromatic N) is 2. The fourth-order valence-corrected chi connectivity index (χ4v) is 3.85. The van der Waals surface area contributed by atoms with Crippen molar-refractivity contribution in [1.29, 1.82) is 0 Å². The number of halogens is 2. The summed E-state index contributed by atoms with van der Waals surface area (Å²) in [5.74, 6) is -1.70. The van der Waals surface area contributed by atoms with E-state index in [9.17, 15) is 18.4 Å². The van der Waals surface area contributed by atoms with Crippen LogP contribution in [0.3, 0.4) is 0 Å². The first-order valence-corrected chi connectivity index (χ1v) is 8.62. The SMILES string of the molecule is CN(C)C(=O)C1CN(C(=O)Nc2cc(F)ccc2F)CC12CCOCC2. The Hall–Kier alpha value is -2.22. The number of amides is 3. The zero-order valence-corrected chi connectivity index (χ0v) is 14.9. The molecule has 2 aliphatic rings. The van der Waals surface area contributed by atoms with Crippen LogP contribution in [0.1, 0.15) is 12.8 Å². The molecule has 6 nitrogen and oxygen atoms in total. The lowest BCUT2D eigenvalue weighted by Gasteiger charge is -2.37. The maximum Gasteiger partial charge on any atom is 0.321 e. The van der Waals surface area contributed by atoms with Crippen molar-refractivity contribution in [2.45, 2.75) is 12.8 Å². The molecule has 0 saturated carbocycles. The second kappa shape index (κ2) is 7.19. The third-order valence-corrected chi connectivity index (χ3v) is 5.33. The highest BCUT2D eigenvalue weighted by Gasteiger charge is 2.52. The Morgan fingerprint density at radius 3 is 2.62 bits per heavy atom. The first kappa shape index (κ1) is 18.6. The Labute approximate surface area is 151 Å². The van der Waals surface area contributed by atoms with E-state index in [1.165, 1.54) is 9.80 Å². The molecule has 3 rings (SSSR count). The quantitative estimate of drug-likeness (QED) is 0.873. The topological polar surface area (TPSA) is 61.9 Å². The molecular formula is C18H23F2N3O3. The molecule has 1 aromatic carbocycles. The van der Waals surface area contributed by atoms with E-state index in [-0.39, 0.29) is 29.5 Å². The number of hydrogen-bond acceptors (Lipinski definition) is 3. The van der Waals surface area contributed by atoms with Gasteiger partial charge >= 0.3 is 6.03 Å². The predicted octanol–water partition coefficient (Wildman–Crippen LogP) is 2.31. The summed E-state index contributed by atoms with van der Waals surface area (Å²) < 4.78 is 32.5. The van der Waals surface area contributed by atoms with Crippen LogP contribution in [-0.2, 0) is 9.53 Å². The molecule has 3 amide bonds. The number of hydrogen-bond donors (Lipinski definition) is 1. The number of likely N-dealkylation sites (tertiary alicyclic amines) is 1. The highest BCUT2D eigenvalue weighted by molar-refractivity contribution is 5.91. The molecule has 0 bridgehead atoms. The van der Waals surface area contributed by atoms with Crippen LogP contribution in [0.4, 0.5) is 19.3 Å². The fraction of sp³-hybridized carbons (Fsp3) is 0.556. The van der Waals surface area contributed by atoms with Crippen LogP contribution in [0.5, 0.6) is 0 Å². The molecule has 1 N–H and O–H groups in total. The minimum Gasteiger partial charge on any atom is -0.381 e. The molecule has 8 heteroatoms. The summed E-state index contributed by atoms with van der Waals surface area (Å²) in [5.41, 5.74) is -0.546. The van der Waals surface area contributed by atoms with Crippen molar-refractivity contribution in [3.63, 3.8) is 0 Å². The summed E-state index contributed by atoms with van der Waals surface area (Å²) in [5, 5.41) is 2.42. The number of ether oxygens (including phenoxy) is 1. The number of nitrogens with one attached hydrogen (secondary N) is 1. The zero-order chi connectivity index (χ0) is 18.9. The van der Waals surface area contributed by atoms with E-state index < -0.39 is 17.7 Å². The molecule has 0 aromatic heterocycles. The van der Waals surface area contributed by atoms with Gasteiger partial charge in [-0.25, -0.2) is 13.6 Å². The number of urea groups is 1. The van der Waals surface area contributed by atoms with E-state index in [2.05, 4.69) is 5.32 Å². The van der Waals surface area contributed by atoms with Gasteiger partial charge in [-0.2, -0.15) is 0 Å². The third-order valence-electron chi connectivity index (χ3n) is 5.33. The molecule has 2 saturated heterocycles. The molecule has 1 atom stereocenters. The molecule has 1 aromatic rings. The van der Waals surface area contributed by atoms with Crippen molar-refractivity contribution in [3.8, 4) is 0 Å². The molecule has 26 heavy (non-hydrogen) atoms. The minimum absolute atomic E-state index is 0.0286. The van der Waals surface area contributed by atoms with Crippen LogP contribution in [0.2, 0.25) is 0 Å². The molecule has 0 aliphatic carbocycles. The Kier molecular flexibility index (Phi) is 5.13. The Morgan fingerprint density at radius 1 is 1.27 bits per heavy atom. The van der Waals surface area contributed by atoms with Crippen LogP contribution in [0.15, 0.2) is 18.2 Å². The Balaban J connectivity index is 1.79. The van der Waals surface area contributed by atoms with E-state index in [0.29, 0.717) is 32.6 Å². The van der Waals surface area contributed by atoms with Crippen LogP contribution >= 0.6 is 0 Å². The molecule has 0 radical (unpaired) electrons. The van der Waals surface area contributed by atoms with Crippen LogP contribution < -0.4 is 5.32 Å². The van der Waals surface area contributed by atoms with Crippen molar-refractivity contribution in [2.75, 3.05) is 45.7 Å². The minimum atomic E-state index is -0.708. The number of carbonyl (C=O) groups is 2. The van der Waals surface area contributed by atoms with E-state index in [0.717, 1.165) is 18.2 Å². The lowest BCUT2D eigenvalue weighted by atomic mass is 9.71. The average molecular weight is 367 g/mol. The highest BCUT2D eigenvalue weighted by Crippen LogP contribution is 2.45. The highest BCUT2D eigenvalue weighted by atomic mass is 19.1. The smallest absolute Gasteiger partial charge is 0.321 e. The molecule has 1 spiro atoms. The van der Waals surface area contributed by atoms with Gasteiger partial charge in [-0.3, -0.25) is 4.79 Å². The van der Waals surface area contributed by atoms with Crippen LogP contribution in [-0.4, -0.2) is 62.1 Å². The van der Waals surface area contributed by atoms with Crippen LogP contribution in [0.25, 0.3) is 0 Å². The zero-order valence-electron chi connectivity index (χ0n) is 14.9. The summed E-state index contributed by atoms with van der Waals surface area (Å²) >= 11 is 0. The van der Waals surface area contributed by atoms with Crippen molar-refractivity contribution in [1.82, 2.24) is 9.80 Å². The van der Waals surface area contributed by atoms with E-state index in [1.54, 1.807) is 14.1 Å². The molecule has 1 unspecified atom stereocenters. The molecule has 2 heterocycles. The van der Waals surface area contributed by atoms with Gasteiger partial charge in [-0.05, 0) is 25.0 Å². The van der Waals surface area contributed by atoms with Gasteiger partial charge in [0.25, 0.3) is 0 Å². The maximum atomic E-state index is 13.8. The Morgan fingerprint density at radius 2 is 1.96 bits per heavy atom. The van der Waals surface area contributed by atoms with E-state index in [1.807, 2.05) is 0 Å². The lowest BCUT2D eigenvalue weighted by Crippen LogP contribution is -2.44. The van der Waals surface area contributed by atoms with Crippen molar-refractivity contribution < 1.29 is 23.1 Å². The predicted molar refractivity (Wildman–Crippen MR) is 91.6 cm³/mol. The summed E-state index contributed by atoms with van der Waals surface area (Å²) in [6, 6.07) is 2.36. The van der Waals surface area contributed by atoms with Gasteiger partial charge in [0, 0.05) is 51.9 Å². The molecule has 2 fully saturated rings. The largest absolute Gasteiger partial charge is 0.381 e. The fourth-order valence-electron chi connectivity index (χ4n) is 3.85. The summed E-state index contributed by atoms with van der Waals surface area (Å²) in [7, 11) is 3.39. The molecule has 142 valence electrons. The van der Waals surface area contributed by atoms with Gasteiger partial charge in [0.05, 0.1) is 11.6 Å². The molecular weight excluding hydrogens is 344 g/mol. The lowest BCUT2D eigenvalue weighted by molar-refractivity contribution is -0.138. The number of anilines is 1. The number of rotatable bonds is 2. The average Bonchev–Trinajstić information content (AvgIpc) is 2.96. The van der Waals surface area contributed by atoms with Gasteiger partial charge in [0.15, 0.2) is 0 Å². The second-order valence-corrected chi connectivity index (χ2v) is 7.19. The van der Waals surface area contributed by atoms with Crippen LogP contribution in [0, 0.1) is 23.0 Å². The number of benzene rings is 1. The summed E-state index contributed by atoms with van der Waals surface area (Å²) in [4.78, 5) is 28.3. The van der Waals surface area contributed by atoms with Gasteiger partial charge in [-0.15, -0.1) is 0 Å². The summed E-state index contributed by atoms with van der Waals surface area (Å²) in [6.45, 7) is 1.74. The molecule has 2 aliphatic heterocycles. The van der Waals surface area contributed by atoms with Gasteiger partial charge in [0.1, 0.15) is 11.6 Å². The third kappa shape index (κ3) is 3.51. The number of carbonyl (C=O) groups excluding carboxylic acids is 2. The van der Waals surface area contributed by atoms with Crippen molar-refractivity contribution in [2.24, 2.45) is 11.3 Å². The van der Waals surface area contributed by atoms with E-state index in [4.69, 9.17) is 4.74 Å². The standard InChI is InChI=1S/C18H23F2N3O3/c1-22(2)16(24)13-10-23(11-18(13)5-7-26-8-6-18)17(25)21-15-9-12(19)3-4-14(15)20/h3-4,9,13H,5-8,10-11H2,1-2H3,(H,21,25). The van der Waals surface area contributed by atoms with Gasteiger partial charge in [-0.1, -0.05) is 0 Å². The first-order chi connectivity index (χ1) is 12.3. The first-order valence-electron chi connectivity index (χ1n) is 8.62. The second-order valence-electron chi connectivity index (χ2n) is 7.19. The normalized spacial score (nSPS) is 21.7. The maximum absolute atomic E-state index is 13.8. The van der Waals surface area contributed by atoms with E-state index >= 15 is 0 Å².